The Labute approximate surface area is 150 Å². The van der Waals surface area contributed by atoms with E-state index in [1.165, 1.54) is 6.07 Å². The van der Waals surface area contributed by atoms with Gasteiger partial charge >= 0.3 is 6.16 Å². The molecule has 0 aliphatic heterocycles. The lowest BCUT2D eigenvalue weighted by molar-refractivity contribution is 0.0387. The molecule has 10 heteroatoms. The van der Waals surface area contributed by atoms with Crippen LogP contribution in [0.4, 0.5) is 4.79 Å². The summed E-state index contributed by atoms with van der Waals surface area (Å²) in [7, 11) is -3.96. The summed E-state index contributed by atoms with van der Waals surface area (Å²) in [4.78, 5) is 17.4. The van der Waals surface area contributed by atoms with Crippen molar-refractivity contribution in [1.29, 1.82) is 0 Å². The zero-order chi connectivity index (χ0) is 16.6. The molecule has 1 rings (SSSR count). The highest BCUT2D eigenvalue weighted by atomic mass is 79.9. The summed E-state index contributed by atoms with van der Waals surface area (Å²) in [6, 6.07) is 6.51. The largest absolute Gasteiger partial charge is 0.528 e. The van der Waals surface area contributed by atoms with Gasteiger partial charge in [0.15, 0.2) is 0 Å². The van der Waals surface area contributed by atoms with E-state index in [2.05, 4.69) is 26.1 Å². The minimum absolute atomic E-state index is 0. The fourth-order valence-electron chi connectivity index (χ4n) is 1.44. The van der Waals surface area contributed by atoms with Crippen LogP contribution in [0.15, 0.2) is 33.6 Å². The summed E-state index contributed by atoms with van der Waals surface area (Å²) in [5, 5.41) is 3.15. The molecule has 0 saturated heterocycles. The summed E-state index contributed by atoms with van der Waals surface area (Å²) in [5.41, 5.74) is 0. The summed E-state index contributed by atoms with van der Waals surface area (Å²) >= 11 is 3.11. The number of sulfonamides is 1. The average Bonchev–Trinajstić information content (AvgIpc) is 2.45. The van der Waals surface area contributed by atoms with Crippen LogP contribution in [0.2, 0.25) is 0 Å². The molecule has 0 atom stereocenters. The second-order valence-electron chi connectivity index (χ2n) is 4.68. The van der Waals surface area contributed by atoms with E-state index >= 15 is 0 Å². The van der Waals surface area contributed by atoms with Gasteiger partial charge in [0.1, 0.15) is 0 Å². The highest BCUT2D eigenvalue weighted by molar-refractivity contribution is 9.10. The van der Waals surface area contributed by atoms with E-state index in [0.29, 0.717) is 23.5 Å². The molecule has 2 N–H and O–H groups in total. The van der Waals surface area contributed by atoms with E-state index in [0.717, 1.165) is 0 Å². The van der Waals surface area contributed by atoms with Gasteiger partial charge in [0.25, 0.3) is 10.0 Å². The molecule has 0 bridgehead atoms. The molecule has 0 unspecified atom stereocenters. The number of carbonyl (C=O) groups excluding carboxylic acids is 1. The van der Waals surface area contributed by atoms with Crippen molar-refractivity contribution >= 4 is 44.5 Å². The number of rotatable bonds is 8. The third-order valence-corrected chi connectivity index (χ3v) is 4.65. The maximum absolute atomic E-state index is 11.9. The number of hydrogen-bond donors (Lipinski definition) is 2. The molecule has 0 amide bonds. The average molecular weight is 432 g/mol. The molecule has 1 aromatic carbocycles. The predicted octanol–water partition coefficient (Wildman–Crippen LogP) is 2.61. The number of hydrogen-bond acceptors (Lipinski definition) is 6. The van der Waals surface area contributed by atoms with Gasteiger partial charge in [-0.2, -0.15) is 0 Å². The molecule has 0 heterocycles. The zero-order valence-electron chi connectivity index (χ0n) is 12.7. The number of benzene rings is 1. The molecular formula is C13H20BrClN2O5S. The normalized spacial score (nSPS) is 11.0. The summed E-state index contributed by atoms with van der Waals surface area (Å²) < 4.78 is 29.0. The van der Waals surface area contributed by atoms with Gasteiger partial charge in [-0.15, -0.1) is 12.4 Å². The molecule has 1 aromatic rings. The van der Waals surface area contributed by atoms with Crippen LogP contribution in [0.25, 0.3) is 0 Å². The van der Waals surface area contributed by atoms with Crippen molar-refractivity contribution in [2.75, 3.05) is 13.2 Å². The Balaban J connectivity index is 0.00000484. The molecule has 0 fully saturated rings. The van der Waals surface area contributed by atoms with Crippen molar-refractivity contribution in [3.05, 3.63) is 28.7 Å². The lowest BCUT2D eigenvalue weighted by Gasteiger charge is -2.09. The van der Waals surface area contributed by atoms with E-state index in [1.807, 2.05) is 13.8 Å². The van der Waals surface area contributed by atoms with Crippen LogP contribution in [0.3, 0.4) is 0 Å². The molecule has 7 nitrogen and oxygen atoms in total. The van der Waals surface area contributed by atoms with Crippen molar-refractivity contribution in [2.24, 2.45) is 0 Å². The number of ether oxygens (including phenoxy) is 1. The highest BCUT2D eigenvalue weighted by Gasteiger charge is 2.19. The van der Waals surface area contributed by atoms with Gasteiger partial charge in [-0.3, -0.25) is 0 Å². The van der Waals surface area contributed by atoms with Crippen LogP contribution in [0.1, 0.15) is 20.3 Å². The fourth-order valence-corrected chi connectivity index (χ4v) is 3.22. The summed E-state index contributed by atoms with van der Waals surface area (Å²) in [6.45, 7) is 4.83. The molecule has 0 radical (unpaired) electrons. The number of nitrogens with one attached hydrogen (secondary N) is 2. The second-order valence-corrected chi connectivity index (χ2v) is 7.15. The fraction of sp³-hybridized carbons (Fsp3) is 0.462. The quantitative estimate of drug-likeness (QED) is 0.373. The Kier molecular flexibility index (Phi) is 10.4. The van der Waals surface area contributed by atoms with Gasteiger partial charge in [-0.1, -0.05) is 26.0 Å². The molecule has 23 heavy (non-hydrogen) atoms. The van der Waals surface area contributed by atoms with E-state index in [4.69, 9.17) is 4.74 Å². The number of halogens is 2. The molecule has 0 spiro atoms. The number of carbonyl (C=O) groups is 1. The lowest BCUT2D eigenvalue weighted by atomic mass is 10.3. The van der Waals surface area contributed by atoms with Gasteiger partial charge in [0.05, 0.1) is 11.5 Å². The minimum atomic E-state index is -3.96. The minimum Gasteiger partial charge on any atom is -0.433 e. The molecule has 0 saturated carbocycles. The maximum atomic E-state index is 11.9. The standard InChI is InChI=1S/C13H19BrN2O5S.ClH/c1-10(2)15-8-5-9-20-13(17)21-16-22(18,19)12-7-4-3-6-11(12)14;/h3-4,6-7,10,15-16H,5,8-9H2,1-2H3;1H. The van der Waals surface area contributed by atoms with Gasteiger partial charge in [-0.05, 0) is 45.9 Å². The van der Waals surface area contributed by atoms with E-state index in [9.17, 15) is 13.2 Å². The van der Waals surface area contributed by atoms with Crippen molar-refractivity contribution in [3.8, 4) is 0 Å². The maximum Gasteiger partial charge on any atom is 0.528 e. The van der Waals surface area contributed by atoms with Crippen LogP contribution in [-0.2, 0) is 19.6 Å². The molecular weight excluding hydrogens is 412 g/mol. The Hall–Kier alpha value is -0.870. The summed E-state index contributed by atoms with van der Waals surface area (Å²) in [6.07, 6.45) is -0.496. The monoisotopic (exact) mass is 430 g/mol. The first-order chi connectivity index (χ1) is 10.3. The van der Waals surface area contributed by atoms with Gasteiger partial charge in [0, 0.05) is 10.5 Å². The van der Waals surface area contributed by atoms with Gasteiger partial charge < -0.3 is 14.9 Å². The van der Waals surface area contributed by atoms with Crippen molar-refractivity contribution in [1.82, 2.24) is 10.2 Å². The third kappa shape index (κ3) is 8.52. The Morgan fingerprint density at radius 1 is 1.30 bits per heavy atom. The molecule has 0 aliphatic rings. The van der Waals surface area contributed by atoms with Crippen molar-refractivity contribution in [3.63, 3.8) is 0 Å². The van der Waals surface area contributed by atoms with Crippen molar-refractivity contribution in [2.45, 2.75) is 31.2 Å². The highest BCUT2D eigenvalue weighted by Crippen LogP contribution is 2.20. The smallest absolute Gasteiger partial charge is 0.433 e. The van der Waals surface area contributed by atoms with Crippen LogP contribution in [0, 0.1) is 0 Å². The lowest BCUT2D eigenvalue weighted by Crippen LogP contribution is -2.29. The van der Waals surface area contributed by atoms with E-state index in [1.54, 1.807) is 23.1 Å². The van der Waals surface area contributed by atoms with Crippen LogP contribution < -0.4 is 10.2 Å². The van der Waals surface area contributed by atoms with Gasteiger partial charge in [-0.25, -0.2) is 13.2 Å². The molecule has 132 valence electrons. The van der Waals surface area contributed by atoms with Crippen LogP contribution in [-0.4, -0.2) is 33.8 Å². The Morgan fingerprint density at radius 3 is 2.57 bits per heavy atom. The topological polar surface area (TPSA) is 93.7 Å². The third-order valence-electron chi connectivity index (χ3n) is 2.45. The van der Waals surface area contributed by atoms with Gasteiger partial charge in [0.2, 0.25) is 0 Å². The first-order valence-electron chi connectivity index (χ1n) is 6.66. The van der Waals surface area contributed by atoms with Crippen LogP contribution >= 0.6 is 28.3 Å². The SMILES string of the molecule is CC(C)NCCCOC(=O)ONS(=O)(=O)c1ccccc1Br.Cl. The van der Waals surface area contributed by atoms with E-state index < -0.39 is 16.2 Å². The molecule has 0 aromatic heterocycles. The summed E-state index contributed by atoms with van der Waals surface area (Å²) in [5.74, 6) is 0. The Bertz CT molecular complexity index is 598. The first-order valence-corrected chi connectivity index (χ1v) is 8.94. The zero-order valence-corrected chi connectivity index (χ0v) is 16.0. The molecule has 0 aliphatic carbocycles. The first kappa shape index (κ1) is 22.1. The van der Waals surface area contributed by atoms with Crippen molar-refractivity contribution < 1.29 is 22.8 Å². The van der Waals surface area contributed by atoms with Crippen LogP contribution in [0.5, 0.6) is 0 Å². The van der Waals surface area contributed by atoms with E-state index in [-0.39, 0.29) is 23.9 Å². The second kappa shape index (κ2) is 10.8. The predicted molar refractivity (Wildman–Crippen MR) is 91.9 cm³/mol. The Morgan fingerprint density at radius 2 is 1.96 bits per heavy atom.